The minimum atomic E-state index is -0.0607. The third-order valence-corrected chi connectivity index (χ3v) is 5.41. The van der Waals surface area contributed by atoms with Gasteiger partial charge in [-0.25, -0.2) is 0 Å². The lowest BCUT2D eigenvalue weighted by Crippen LogP contribution is -2.48. The van der Waals surface area contributed by atoms with Gasteiger partial charge in [0, 0.05) is 55.8 Å². The van der Waals surface area contributed by atoms with Gasteiger partial charge < -0.3 is 14.1 Å². The Hall–Kier alpha value is -2.34. The van der Waals surface area contributed by atoms with Crippen molar-refractivity contribution in [2.75, 3.05) is 33.3 Å². The van der Waals surface area contributed by atoms with E-state index in [2.05, 4.69) is 4.90 Å². The van der Waals surface area contributed by atoms with Gasteiger partial charge in [-0.2, -0.15) is 0 Å². The van der Waals surface area contributed by atoms with E-state index in [-0.39, 0.29) is 5.91 Å². The van der Waals surface area contributed by atoms with Gasteiger partial charge >= 0.3 is 0 Å². The standard InChI is InChI=1S/C22H23ClN2O3/c1-27-15-19-18-4-2-3-5-20(18)28-21(19)22(26)25-12-10-24(11-13-25)14-16-6-8-17(23)9-7-16/h2-9H,10-15H2,1H3. The molecular weight excluding hydrogens is 376 g/mol. The third-order valence-electron chi connectivity index (χ3n) is 5.16. The molecule has 1 saturated heterocycles. The summed E-state index contributed by atoms with van der Waals surface area (Å²) >= 11 is 5.96. The predicted molar refractivity (Wildman–Crippen MR) is 110 cm³/mol. The zero-order valence-electron chi connectivity index (χ0n) is 15.9. The highest BCUT2D eigenvalue weighted by molar-refractivity contribution is 6.30. The zero-order chi connectivity index (χ0) is 19.5. The van der Waals surface area contributed by atoms with E-state index in [4.69, 9.17) is 20.8 Å². The predicted octanol–water partition coefficient (Wildman–Crippen LogP) is 4.19. The highest BCUT2D eigenvalue weighted by atomic mass is 35.5. The summed E-state index contributed by atoms with van der Waals surface area (Å²) in [4.78, 5) is 17.3. The minimum absolute atomic E-state index is 0.0607. The number of methoxy groups -OCH3 is 1. The number of amides is 1. The molecule has 0 spiro atoms. The molecule has 28 heavy (non-hydrogen) atoms. The SMILES string of the molecule is COCc1c(C(=O)N2CCN(Cc3ccc(Cl)cc3)CC2)oc2ccccc12. The van der Waals surface area contributed by atoms with E-state index in [9.17, 15) is 4.79 Å². The summed E-state index contributed by atoms with van der Waals surface area (Å²) in [6, 6.07) is 15.6. The second-order valence-electron chi connectivity index (χ2n) is 7.03. The van der Waals surface area contributed by atoms with Crippen molar-refractivity contribution in [3.05, 3.63) is 70.4 Å². The molecular formula is C22H23ClN2O3. The maximum Gasteiger partial charge on any atom is 0.290 e. The van der Waals surface area contributed by atoms with E-state index in [1.165, 1.54) is 5.56 Å². The molecule has 146 valence electrons. The number of hydrogen-bond donors (Lipinski definition) is 0. The van der Waals surface area contributed by atoms with Crippen molar-refractivity contribution in [1.82, 2.24) is 9.80 Å². The Morgan fingerprint density at radius 1 is 1.07 bits per heavy atom. The number of hydrogen-bond acceptors (Lipinski definition) is 4. The quantitative estimate of drug-likeness (QED) is 0.646. The summed E-state index contributed by atoms with van der Waals surface area (Å²) in [5.74, 6) is 0.337. The molecule has 1 aliphatic rings. The van der Waals surface area contributed by atoms with Crippen LogP contribution in [0.2, 0.25) is 5.02 Å². The summed E-state index contributed by atoms with van der Waals surface area (Å²) in [6.07, 6.45) is 0. The molecule has 3 aromatic rings. The maximum absolute atomic E-state index is 13.1. The molecule has 5 nitrogen and oxygen atoms in total. The van der Waals surface area contributed by atoms with Crippen molar-refractivity contribution < 1.29 is 13.9 Å². The van der Waals surface area contributed by atoms with Crippen LogP contribution in [0.15, 0.2) is 52.9 Å². The summed E-state index contributed by atoms with van der Waals surface area (Å²) in [5, 5.41) is 1.69. The van der Waals surface area contributed by atoms with Gasteiger partial charge in [-0.05, 0) is 23.8 Å². The number of carbonyl (C=O) groups excluding carboxylic acids is 1. The molecule has 1 amide bonds. The Morgan fingerprint density at radius 2 is 1.79 bits per heavy atom. The number of carbonyl (C=O) groups is 1. The Kier molecular flexibility index (Phi) is 5.67. The first-order valence-electron chi connectivity index (χ1n) is 9.41. The molecule has 0 radical (unpaired) electrons. The first kappa shape index (κ1) is 19.0. The fourth-order valence-corrected chi connectivity index (χ4v) is 3.79. The number of furan rings is 1. The van der Waals surface area contributed by atoms with Crippen LogP contribution in [0.4, 0.5) is 0 Å². The molecule has 0 saturated carbocycles. The van der Waals surface area contributed by atoms with E-state index in [0.29, 0.717) is 25.5 Å². The molecule has 4 rings (SSSR count). The molecule has 1 aliphatic heterocycles. The van der Waals surface area contributed by atoms with E-state index in [0.717, 1.165) is 41.2 Å². The van der Waals surface area contributed by atoms with Crippen molar-refractivity contribution >= 4 is 28.5 Å². The van der Waals surface area contributed by atoms with E-state index in [1.807, 2.05) is 53.4 Å². The molecule has 0 bridgehead atoms. The molecule has 0 aliphatic carbocycles. The zero-order valence-corrected chi connectivity index (χ0v) is 16.6. The Balaban J connectivity index is 1.44. The van der Waals surface area contributed by atoms with Gasteiger partial charge in [0.25, 0.3) is 5.91 Å². The van der Waals surface area contributed by atoms with Gasteiger partial charge in [0.2, 0.25) is 0 Å². The van der Waals surface area contributed by atoms with Crippen molar-refractivity contribution in [3.63, 3.8) is 0 Å². The molecule has 6 heteroatoms. The number of ether oxygens (including phenoxy) is 1. The highest BCUT2D eigenvalue weighted by Gasteiger charge is 2.27. The highest BCUT2D eigenvalue weighted by Crippen LogP contribution is 2.28. The first-order chi connectivity index (χ1) is 13.7. The summed E-state index contributed by atoms with van der Waals surface area (Å²) in [6.45, 7) is 4.22. The van der Waals surface area contributed by atoms with Crippen LogP contribution < -0.4 is 0 Å². The molecule has 0 unspecified atom stereocenters. The second-order valence-corrected chi connectivity index (χ2v) is 7.47. The topological polar surface area (TPSA) is 45.9 Å². The van der Waals surface area contributed by atoms with Gasteiger partial charge in [-0.3, -0.25) is 9.69 Å². The summed E-state index contributed by atoms with van der Waals surface area (Å²) < 4.78 is 11.2. The normalized spacial score (nSPS) is 15.3. The van der Waals surface area contributed by atoms with Gasteiger partial charge in [-0.15, -0.1) is 0 Å². The minimum Gasteiger partial charge on any atom is -0.451 e. The van der Waals surface area contributed by atoms with Crippen molar-refractivity contribution in [3.8, 4) is 0 Å². The molecule has 0 atom stereocenters. The van der Waals surface area contributed by atoms with E-state index in [1.54, 1.807) is 7.11 Å². The first-order valence-corrected chi connectivity index (χ1v) is 9.79. The van der Waals surface area contributed by atoms with Crippen LogP contribution >= 0.6 is 11.6 Å². The van der Waals surface area contributed by atoms with E-state index >= 15 is 0 Å². The van der Waals surface area contributed by atoms with Gasteiger partial charge in [0.1, 0.15) is 5.58 Å². The van der Waals surface area contributed by atoms with E-state index < -0.39 is 0 Å². The molecule has 2 heterocycles. The number of benzene rings is 2. The Labute approximate surface area is 169 Å². The fraction of sp³-hybridized carbons (Fsp3) is 0.318. The van der Waals surface area contributed by atoms with Crippen molar-refractivity contribution in [2.24, 2.45) is 0 Å². The third kappa shape index (κ3) is 3.92. The van der Waals surface area contributed by atoms with Gasteiger partial charge in [0.15, 0.2) is 5.76 Å². The molecule has 1 fully saturated rings. The summed E-state index contributed by atoms with van der Waals surface area (Å²) in [5.41, 5.74) is 2.77. The van der Waals surface area contributed by atoms with Crippen LogP contribution in [-0.4, -0.2) is 49.0 Å². The lowest BCUT2D eigenvalue weighted by atomic mass is 10.1. The fourth-order valence-electron chi connectivity index (χ4n) is 3.66. The number of rotatable bonds is 5. The Morgan fingerprint density at radius 3 is 2.50 bits per heavy atom. The molecule has 1 aromatic heterocycles. The smallest absolute Gasteiger partial charge is 0.290 e. The monoisotopic (exact) mass is 398 g/mol. The lowest BCUT2D eigenvalue weighted by Gasteiger charge is -2.34. The number of para-hydroxylation sites is 1. The maximum atomic E-state index is 13.1. The summed E-state index contributed by atoms with van der Waals surface area (Å²) in [7, 11) is 1.63. The van der Waals surface area contributed by atoms with Crippen LogP contribution in [0.25, 0.3) is 11.0 Å². The average molecular weight is 399 g/mol. The molecule has 0 N–H and O–H groups in total. The number of fused-ring (bicyclic) bond motifs is 1. The van der Waals surface area contributed by atoms with Crippen LogP contribution in [0.1, 0.15) is 21.7 Å². The molecule has 2 aromatic carbocycles. The number of nitrogens with zero attached hydrogens (tertiary/aromatic N) is 2. The average Bonchev–Trinajstić information content (AvgIpc) is 3.09. The van der Waals surface area contributed by atoms with Gasteiger partial charge in [-0.1, -0.05) is 41.9 Å². The van der Waals surface area contributed by atoms with Crippen LogP contribution in [0.3, 0.4) is 0 Å². The van der Waals surface area contributed by atoms with Crippen LogP contribution in [0, 0.1) is 0 Å². The van der Waals surface area contributed by atoms with Crippen LogP contribution in [-0.2, 0) is 17.9 Å². The van der Waals surface area contributed by atoms with Crippen molar-refractivity contribution in [2.45, 2.75) is 13.2 Å². The number of halogens is 1. The lowest BCUT2D eigenvalue weighted by molar-refractivity contribution is 0.0594. The van der Waals surface area contributed by atoms with Crippen molar-refractivity contribution in [1.29, 1.82) is 0 Å². The van der Waals surface area contributed by atoms with Crippen LogP contribution in [0.5, 0.6) is 0 Å². The van der Waals surface area contributed by atoms with Gasteiger partial charge in [0.05, 0.1) is 6.61 Å². The number of piperazine rings is 1. The second kappa shape index (κ2) is 8.35. The Bertz CT molecular complexity index is 960. The largest absolute Gasteiger partial charge is 0.451 e.